The van der Waals surface area contributed by atoms with Gasteiger partial charge in [-0.15, -0.1) is 0 Å². The van der Waals surface area contributed by atoms with Crippen molar-refractivity contribution in [3.63, 3.8) is 0 Å². The predicted octanol–water partition coefficient (Wildman–Crippen LogP) is 2.70. The molecule has 0 atom stereocenters. The molecule has 0 aliphatic rings. The van der Waals surface area contributed by atoms with Crippen molar-refractivity contribution in [3.05, 3.63) is 35.9 Å². The summed E-state index contributed by atoms with van der Waals surface area (Å²) >= 11 is 0.232. The summed E-state index contributed by atoms with van der Waals surface area (Å²) in [6.07, 6.45) is 0. The van der Waals surface area contributed by atoms with Gasteiger partial charge in [0.1, 0.15) is 0 Å². The Morgan fingerprint density at radius 3 is 2.25 bits per heavy atom. The van der Waals surface area contributed by atoms with E-state index in [9.17, 15) is 21.6 Å². The minimum atomic E-state index is -5.50. The molecule has 90 valence electrons. The molecule has 0 spiro atoms. The van der Waals surface area contributed by atoms with Gasteiger partial charge in [0.15, 0.2) is 0 Å². The summed E-state index contributed by atoms with van der Waals surface area (Å²) in [7, 11) is -5.50. The normalized spacial score (nSPS) is 12.7. The largest absolute Gasteiger partial charge is 0.524 e. The summed E-state index contributed by atoms with van der Waals surface area (Å²) in [6.45, 7) is 0. The molecule has 8 heteroatoms. The van der Waals surface area contributed by atoms with Gasteiger partial charge < -0.3 is 0 Å². The van der Waals surface area contributed by atoms with Gasteiger partial charge in [-0.25, -0.2) is 0 Å². The van der Waals surface area contributed by atoms with E-state index < -0.39 is 15.6 Å². The Morgan fingerprint density at radius 1 is 1.19 bits per heavy atom. The summed E-state index contributed by atoms with van der Waals surface area (Å²) in [6, 6.07) is 8.41. The highest BCUT2D eigenvalue weighted by molar-refractivity contribution is 8.04. The monoisotopic (exact) mass is 272 g/mol. The molecular weight excluding hydrogens is 265 g/mol. The van der Waals surface area contributed by atoms with E-state index >= 15 is 0 Å². The van der Waals surface area contributed by atoms with Gasteiger partial charge in [-0.1, -0.05) is 30.3 Å². The second-order valence-electron chi connectivity index (χ2n) is 2.72. The second kappa shape index (κ2) is 5.07. The summed E-state index contributed by atoms with van der Waals surface area (Å²) in [5, 5.41) is 0. The molecule has 1 aromatic rings. The first-order chi connectivity index (χ1) is 7.33. The molecule has 0 unspecified atom stereocenters. The lowest BCUT2D eigenvalue weighted by atomic mass is 10.2. The number of rotatable bonds is 4. The van der Waals surface area contributed by atoms with Gasteiger partial charge in [0.2, 0.25) is 0 Å². The SMILES string of the molecule is O=S(=O)(OSCc1ccccc1)C(F)(F)F. The highest BCUT2D eigenvalue weighted by Gasteiger charge is 2.47. The molecule has 0 bridgehead atoms. The lowest BCUT2D eigenvalue weighted by molar-refractivity contribution is -0.0494. The first-order valence-corrected chi connectivity index (χ1v) is 6.31. The van der Waals surface area contributed by atoms with E-state index in [-0.39, 0.29) is 17.8 Å². The van der Waals surface area contributed by atoms with Crippen molar-refractivity contribution < 1.29 is 25.2 Å². The maximum absolute atomic E-state index is 11.8. The number of hydrogen-bond acceptors (Lipinski definition) is 4. The molecule has 1 rings (SSSR count). The third kappa shape index (κ3) is 3.69. The third-order valence-electron chi connectivity index (χ3n) is 1.49. The van der Waals surface area contributed by atoms with Crippen LogP contribution in [0.5, 0.6) is 0 Å². The Morgan fingerprint density at radius 2 is 1.75 bits per heavy atom. The van der Waals surface area contributed by atoms with Crippen LogP contribution in [0, 0.1) is 0 Å². The first-order valence-electron chi connectivity index (χ1n) is 3.99. The lowest BCUT2D eigenvalue weighted by Gasteiger charge is -2.06. The van der Waals surface area contributed by atoms with Crippen LogP contribution in [0.25, 0.3) is 0 Å². The van der Waals surface area contributed by atoms with Gasteiger partial charge in [-0.05, 0) is 5.56 Å². The highest BCUT2D eigenvalue weighted by atomic mass is 32.3. The van der Waals surface area contributed by atoms with E-state index in [1.54, 1.807) is 30.3 Å². The van der Waals surface area contributed by atoms with Crippen molar-refractivity contribution in [2.24, 2.45) is 0 Å². The highest BCUT2D eigenvalue weighted by Crippen LogP contribution is 2.29. The molecule has 0 amide bonds. The van der Waals surface area contributed by atoms with Crippen LogP contribution in [-0.4, -0.2) is 13.9 Å². The quantitative estimate of drug-likeness (QED) is 0.624. The molecule has 3 nitrogen and oxygen atoms in total. The smallest absolute Gasteiger partial charge is 0.191 e. The summed E-state index contributed by atoms with van der Waals surface area (Å²) in [5.74, 6) is 0.0240. The van der Waals surface area contributed by atoms with Gasteiger partial charge in [-0.3, -0.25) is 0 Å². The van der Waals surface area contributed by atoms with Crippen LogP contribution in [0.1, 0.15) is 5.56 Å². The molecule has 0 fully saturated rings. The van der Waals surface area contributed by atoms with Crippen LogP contribution in [0.3, 0.4) is 0 Å². The zero-order chi connectivity index (χ0) is 12.2. The van der Waals surface area contributed by atoms with Crippen molar-refractivity contribution in [3.8, 4) is 0 Å². The Bertz CT molecular complexity index is 428. The van der Waals surface area contributed by atoms with E-state index in [4.69, 9.17) is 0 Å². The second-order valence-corrected chi connectivity index (χ2v) is 5.16. The molecule has 0 radical (unpaired) electrons. The van der Waals surface area contributed by atoms with E-state index in [0.29, 0.717) is 5.56 Å². The van der Waals surface area contributed by atoms with E-state index in [1.807, 2.05) is 0 Å². The van der Waals surface area contributed by atoms with E-state index in [2.05, 4.69) is 3.63 Å². The van der Waals surface area contributed by atoms with Gasteiger partial charge in [0.05, 0.1) is 0 Å². The Hall–Kier alpha value is -0.730. The summed E-state index contributed by atoms with van der Waals surface area (Å²) in [4.78, 5) is 0. The summed E-state index contributed by atoms with van der Waals surface area (Å²) in [5.41, 5.74) is -4.71. The zero-order valence-corrected chi connectivity index (χ0v) is 9.40. The van der Waals surface area contributed by atoms with Crippen LogP contribution >= 0.6 is 12.0 Å². The van der Waals surface area contributed by atoms with Crippen LogP contribution in [0.2, 0.25) is 0 Å². The molecule has 0 heterocycles. The van der Waals surface area contributed by atoms with Crippen molar-refractivity contribution in [1.29, 1.82) is 0 Å². The lowest BCUT2D eigenvalue weighted by Crippen LogP contribution is -2.23. The number of alkyl halides is 3. The number of benzene rings is 1. The van der Waals surface area contributed by atoms with Crippen LogP contribution < -0.4 is 0 Å². The standard InChI is InChI=1S/C8H7F3O3S2/c9-8(10,11)16(12,13)14-15-6-7-4-2-1-3-5-7/h1-5H,6H2. The molecule has 1 aromatic carbocycles. The molecule has 0 saturated heterocycles. The van der Waals surface area contributed by atoms with Crippen molar-refractivity contribution in [2.75, 3.05) is 0 Å². The van der Waals surface area contributed by atoms with Crippen LogP contribution in [0.15, 0.2) is 30.3 Å². The van der Waals surface area contributed by atoms with Gasteiger partial charge in [0, 0.05) is 17.8 Å². The van der Waals surface area contributed by atoms with Crippen molar-refractivity contribution in [2.45, 2.75) is 11.3 Å². The van der Waals surface area contributed by atoms with E-state index in [1.165, 1.54) is 0 Å². The van der Waals surface area contributed by atoms with Crippen molar-refractivity contribution >= 4 is 22.2 Å². The molecule has 16 heavy (non-hydrogen) atoms. The van der Waals surface area contributed by atoms with E-state index in [0.717, 1.165) is 0 Å². The number of halogens is 3. The Labute approximate surface area is 94.9 Å². The Balaban J connectivity index is 2.49. The third-order valence-corrected chi connectivity index (χ3v) is 3.61. The van der Waals surface area contributed by atoms with Crippen LogP contribution in [0.4, 0.5) is 13.2 Å². The fraction of sp³-hybridized carbons (Fsp3) is 0.250. The predicted molar refractivity (Wildman–Crippen MR) is 53.8 cm³/mol. The summed E-state index contributed by atoms with van der Waals surface area (Å²) < 4.78 is 60.2. The minimum absolute atomic E-state index is 0.0240. The zero-order valence-electron chi connectivity index (χ0n) is 7.77. The van der Waals surface area contributed by atoms with Crippen LogP contribution in [-0.2, 0) is 19.5 Å². The maximum Gasteiger partial charge on any atom is 0.524 e. The molecule has 0 aromatic heterocycles. The fourth-order valence-electron chi connectivity index (χ4n) is 0.768. The van der Waals surface area contributed by atoms with Gasteiger partial charge in [0.25, 0.3) is 0 Å². The molecule has 0 aliphatic heterocycles. The molecule has 0 saturated carbocycles. The molecule has 0 aliphatic carbocycles. The van der Waals surface area contributed by atoms with Gasteiger partial charge >= 0.3 is 15.6 Å². The maximum atomic E-state index is 11.8. The minimum Gasteiger partial charge on any atom is -0.191 e. The average Bonchev–Trinajstić information content (AvgIpc) is 2.17. The average molecular weight is 272 g/mol. The molecule has 0 N–H and O–H groups in total. The topological polar surface area (TPSA) is 43.4 Å². The Kier molecular flexibility index (Phi) is 4.22. The molecular formula is C8H7F3O3S2. The first kappa shape index (κ1) is 13.3. The number of hydrogen-bond donors (Lipinski definition) is 0. The van der Waals surface area contributed by atoms with Gasteiger partial charge in [-0.2, -0.15) is 25.2 Å². The van der Waals surface area contributed by atoms with Crippen molar-refractivity contribution in [1.82, 2.24) is 0 Å². The fourth-order valence-corrected chi connectivity index (χ4v) is 2.10.